The van der Waals surface area contributed by atoms with E-state index >= 15 is 0 Å². The van der Waals surface area contributed by atoms with Crippen LogP contribution in [0.15, 0.2) is 24.3 Å². The average molecular weight is 396 g/mol. The minimum absolute atomic E-state index is 0.0883. The molecule has 0 spiro atoms. The Morgan fingerprint density at radius 2 is 1.64 bits per heavy atom. The maximum absolute atomic E-state index is 13.1. The lowest BCUT2D eigenvalue weighted by molar-refractivity contribution is -0.148. The van der Waals surface area contributed by atoms with E-state index in [0.717, 1.165) is 7.11 Å². The minimum atomic E-state index is -1.11. The number of amides is 2. The van der Waals surface area contributed by atoms with Crippen molar-refractivity contribution in [3.8, 4) is 0 Å². The third-order valence-electron chi connectivity index (χ3n) is 4.09. The van der Waals surface area contributed by atoms with Crippen LogP contribution < -0.4 is 10.6 Å². The van der Waals surface area contributed by atoms with Gasteiger partial charge in [0.1, 0.15) is 17.9 Å². The van der Waals surface area contributed by atoms with E-state index in [4.69, 9.17) is 4.74 Å². The first-order valence-corrected chi connectivity index (χ1v) is 8.64. The highest BCUT2D eigenvalue weighted by Crippen LogP contribution is 2.12. The normalized spacial score (nSPS) is 13.6. The predicted molar refractivity (Wildman–Crippen MR) is 97.5 cm³/mol. The van der Waals surface area contributed by atoms with Gasteiger partial charge in [-0.05, 0) is 23.6 Å². The summed E-state index contributed by atoms with van der Waals surface area (Å²) >= 11 is 0. The van der Waals surface area contributed by atoms with E-state index < -0.39 is 47.6 Å². The van der Waals surface area contributed by atoms with Gasteiger partial charge in [-0.2, -0.15) is 0 Å². The Kier molecular flexibility index (Phi) is 9.07. The number of rotatable bonds is 9. The van der Waals surface area contributed by atoms with Gasteiger partial charge in [0, 0.05) is 13.3 Å². The zero-order valence-corrected chi connectivity index (χ0v) is 16.3. The summed E-state index contributed by atoms with van der Waals surface area (Å²) in [7, 11) is 2.38. The fraction of sp³-hybridized carbons (Fsp3) is 0.474. The van der Waals surface area contributed by atoms with E-state index in [1.807, 2.05) is 0 Å². The Morgan fingerprint density at radius 1 is 1.04 bits per heavy atom. The molecule has 9 heteroatoms. The number of carbonyl (C=O) groups is 4. The molecule has 0 bridgehead atoms. The Bertz CT molecular complexity index is 707. The Labute approximate surface area is 162 Å². The second kappa shape index (κ2) is 11.0. The molecule has 0 aliphatic rings. The summed E-state index contributed by atoms with van der Waals surface area (Å²) in [6.45, 7) is 2.84. The fourth-order valence-electron chi connectivity index (χ4n) is 2.59. The number of ether oxygens (including phenoxy) is 2. The highest BCUT2D eigenvalue weighted by Gasteiger charge is 2.32. The van der Waals surface area contributed by atoms with E-state index in [9.17, 15) is 23.6 Å². The Balaban J connectivity index is 2.96. The highest BCUT2D eigenvalue weighted by molar-refractivity contribution is 5.90. The quantitative estimate of drug-likeness (QED) is 0.596. The number of hydrogen-bond donors (Lipinski definition) is 2. The first kappa shape index (κ1) is 23.1. The molecule has 0 fully saturated rings. The van der Waals surface area contributed by atoms with Crippen LogP contribution in [0.1, 0.15) is 25.8 Å². The predicted octanol–water partition coefficient (Wildman–Crippen LogP) is 0.730. The van der Waals surface area contributed by atoms with Gasteiger partial charge in [-0.1, -0.05) is 19.1 Å². The smallest absolute Gasteiger partial charge is 0.328 e. The van der Waals surface area contributed by atoms with Gasteiger partial charge in [0.25, 0.3) is 0 Å². The van der Waals surface area contributed by atoms with Crippen LogP contribution >= 0.6 is 0 Å². The number of benzene rings is 1. The molecule has 1 aromatic rings. The lowest BCUT2D eigenvalue weighted by Crippen LogP contribution is -2.54. The summed E-state index contributed by atoms with van der Waals surface area (Å²) in [5.41, 5.74) is 0.618. The van der Waals surface area contributed by atoms with Gasteiger partial charge in [-0.15, -0.1) is 0 Å². The molecular weight excluding hydrogens is 371 g/mol. The van der Waals surface area contributed by atoms with Crippen LogP contribution in [0, 0.1) is 11.7 Å². The SMILES string of the molecule is COC(=O)C[C@@H](C)[C@@H](NC(=O)[C@H](Cc1ccc(F)cc1)NC(C)=O)C(=O)OC. The Morgan fingerprint density at radius 3 is 2.14 bits per heavy atom. The van der Waals surface area contributed by atoms with Crippen molar-refractivity contribution in [2.24, 2.45) is 5.92 Å². The van der Waals surface area contributed by atoms with Gasteiger partial charge in [-0.3, -0.25) is 14.4 Å². The molecule has 0 heterocycles. The van der Waals surface area contributed by atoms with Crippen molar-refractivity contribution in [3.05, 3.63) is 35.6 Å². The van der Waals surface area contributed by atoms with E-state index in [-0.39, 0.29) is 12.8 Å². The van der Waals surface area contributed by atoms with Crippen LogP contribution in [-0.2, 0) is 35.1 Å². The molecule has 0 aliphatic carbocycles. The van der Waals surface area contributed by atoms with Crippen LogP contribution in [0.4, 0.5) is 4.39 Å². The van der Waals surface area contributed by atoms with Crippen molar-refractivity contribution >= 4 is 23.8 Å². The van der Waals surface area contributed by atoms with E-state index in [2.05, 4.69) is 15.4 Å². The van der Waals surface area contributed by atoms with Crippen molar-refractivity contribution in [1.29, 1.82) is 0 Å². The van der Waals surface area contributed by atoms with Crippen LogP contribution in [0.2, 0.25) is 0 Å². The average Bonchev–Trinajstić information content (AvgIpc) is 2.65. The van der Waals surface area contributed by atoms with Gasteiger partial charge in [0.15, 0.2) is 0 Å². The summed E-state index contributed by atoms with van der Waals surface area (Å²) in [5.74, 6) is -3.38. The number of hydrogen-bond acceptors (Lipinski definition) is 6. The molecule has 2 N–H and O–H groups in total. The largest absolute Gasteiger partial charge is 0.469 e. The first-order chi connectivity index (χ1) is 13.2. The summed E-state index contributed by atoms with van der Waals surface area (Å²) in [6, 6.07) is 3.37. The van der Waals surface area contributed by atoms with Gasteiger partial charge in [0.2, 0.25) is 11.8 Å². The minimum Gasteiger partial charge on any atom is -0.469 e. The van der Waals surface area contributed by atoms with Crippen molar-refractivity contribution in [2.75, 3.05) is 14.2 Å². The molecule has 0 saturated carbocycles. The monoisotopic (exact) mass is 396 g/mol. The molecule has 0 aliphatic heterocycles. The van der Waals surface area contributed by atoms with Crippen LogP contribution in [0.3, 0.4) is 0 Å². The molecule has 0 radical (unpaired) electrons. The molecule has 8 nitrogen and oxygen atoms in total. The molecule has 1 rings (SSSR count). The van der Waals surface area contributed by atoms with E-state index in [0.29, 0.717) is 5.56 Å². The molecule has 0 unspecified atom stereocenters. The van der Waals surface area contributed by atoms with Crippen LogP contribution in [0.5, 0.6) is 0 Å². The summed E-state index contributed by atoms with van der Waals surface area (Å²) in [6.07, 6.45) is -0.0235. The maximum atomic E-state index is 13.1. The molecule has 154 valence electrons. The fourth-order valence-corrected chi connectivity index (χ4v) is 2.59. The van der Waals surface area contributed by atoms with Gasteiger partial charge >= 0.3 is 11.9 Å². The first-order valence-electron chi connectivity index (χ1n) is 8.64. The maximum Gasteiger partial charge on any atom is 0.328 e. The van der Waals surface area contributed by atoms with Crippen molar-refractivity contribution in [2.45, 2.75) is 38.8 Å². The number of methoxy groups -OCH3 is 2. The Hall–Kier alpha value is -2.97. The zero-order valence-electron chi connectivity index (χ0n) is 16.3. The molecule has 3 atom stereocenters. The third-order valence-corrected chi connectivity index (χ3v) is 4.09. The van der Waals surface area contributed by atoms with Gasteiger partial charge < -0.3 is 20.1 Å². The van der Waals surface area contributed by atoms with Crippen LogP contribution in [-0.4, -0.2) is 50.1 Å². The summed E-state index contributed by atoms with van der Waals surface area (Å²) in [4.78, 5) is 47.8. The zero-order chi connectivity index (χ0) is 21.3. The second-order valence-corrected chi connectivity index (χ2v) is 6.35. The number of esters is 2. The van der Waals surface area contributed by atoms with E-state index in [1.165, 1.54) is 38.3 Å². The molecule has 2 amide bonds. The molecular formula is C19H25FN2O6. The lowest BCUT2D eigenvalue weighted by atomic mass is 9.97. The van der Waals surface area contributed by atoms with Gasteiger partial charge in [0.05, 0.1) is 20.6 Å². The summed E-state index contributed by atoms with van der Waals surface area (Å²) < 4.78 is 22.4. The molecule has 0 saturated heterocycles. The highest BCUT2D eigenvalue weighted by atomic mass is 19.1. The van der Waals surface area contributed by atoms with Crippen molar-refractivity contribution < 1.29 is 33.0 Å². The third kappa shape index (κ3) is 7.34. The molecule has 28 heavy (non-hydrogen) atoms. The molecule has 0 aromatic heterocycles. The second-order valence-electron chi connectivity index (χ2n) is 6.35. The number of halogens is 1. The van der Waals surface area contributed by atoms with Gasteiger partial charge in [-0.25, -0.2) is 9.18 Å². The van der Waals surface area contributed by atoms with E-state index in [1.54, 1.807) is 6.92 Å². The standard InChI is InChI=1S/C19H25FN2O6/c1-11(9-16(24)27-3)17(19(26)28-4)22-18(25)15(21-12(2)23)10-13-5-7-14(20)8-6-13/h5-8,11,15,17H,9-10H2,1-4H3,(H,21,23)(H,22,25)/t11-,15+,17-/m1/s1. The van der Waals surface area contributed by atoms with Crippen molar-refractivity contribution in [1.82, 2.24) is 10.6 Å². The summed E-state index contributed by atoms with van der Waals surface area (Å²) in [5, 5.41) is 5.03. The number of carbonyl (C=O) groups excluding carboxylic acids is 4. The molecule has 1 aromatic carbocycles. The number of nitrogens with one attached hydrogen (secondary N) is 2. The lowest BCUT2D eigenvalue weighted by Gasteiger charge is -2.25. The van der Waals surface area contributed by atoms with Crippen molar-refractivity contribution in [3.63, 3.8) is 0 Å². The topological polar surface area (TPSA) is 111 Å². The van der Waals surface area contributed by atoms with Crippen LogP contribution in [0.25, 0.3) is 0 Å².